The van der Waals surface area contributed by atoms with E-state index in [1.165, 1.54) is 13.3 Å². The van der Waals surface area contributed by atoms with Gasteiger partial charge < -0.3 is 10.6 Å². The van der Waals surface area contributed by atoms with E-state index in [0.717, 1.165) is 16.3 Å². The van der Waals surface area contributed by atoms with Crippen molar-refractivity contribution in [2.75, 3.05) is 5.32 Å². The lowest BCUT2D eigenvalue weighted by Gasteiger charge is -2.06. The quantitative estimate of drug-likeness (QED) is 0.862. The molecule has 2 aromatic heterocycles. The highest BCUT2D eigenvalue weighted by Gasteiger charge is 2.05. The molecule has 0 saturated heterocycles. The highest BCUT2D eigenvalue weighted by Crippen LogP contribution is 2.21. The zero-order valence-electron chi connectivity index (χ0n) is 10.0. The summed E-state index contributed by atoms with van der Waals surface area (Å²) in [7, 11) is 0. The van der Waals surface area contributed by atoms with Crippen LogP contribution in [-0.4, -0.2) is 15.9 Å². The van der Waals surface area contributed by atoms with Crippen molar-refractivity contribution in [1.29, 1.82) is 0 Å². The van der Waals surface area contributed by atoms with Crippen LogP contribution in [0.25, 0.3) is 0 Å². The molecule has 0 aliphatic rings. The molecule has 2 aromatic rings. The first-order chi connectivity index (χ1) is 8.75. The minimum Gasteiger partial charge on any atom is -0.325 e. The molecule has 5 nitrogen and oxygen atoms in total. The Bertz CT molecular complexity index is 512. The van der Waals surface area contributed by atoms with Gasteiger partial charge in [-0.15, -0.1) is 11.3 Å². The molecular formula is C12H14N4OS. The SMILES string of the molecule is CC(=O)Nc1ccsc1CNCc1ccncn1. The number of thiophene rings is 1. The van der Waals surface area contributed by atoms with Crippen LogP contribution in [0.2, 0.25) is 0 Å². The largest absolute Gasteiger partial charge is 0.325 e. The normalized spacial score (nSPS) is 10.3. The first kappa shape index (κ1) is 12.7. The molecular weight excluding hydrogens is 248 g/mol. The lowest BCUT2D eigenvalue weighted by Crippen LogP contribution is -2.15. The van der Waals surface area contributed by atoms with Crippen LogP contribution in [0.5, 0.6) is 0 Å². The number of anilines is 1. The predicted octanol–water partition coefficient (Wildman–Crippen LogP) is 1.79. The van der Waals surface area contributed by atoms with Gasteiger partial charge in [-0.3, -0.25) is 4.79 Å². The summed E-state index contributed by atoms with van der Waals surface area (Å²) in [5, 5.41) is 8.06. The lowest BCUT2D eigenvalue weighted by atomic mass is 10.3. The minimum absolute atomic E-state index is 0.0505. The maximum atomic E-state index is 11.0. The Morgan fingerprint density at radius 2 is 2.28 bits per heavy atom. The van der Waals surface area contributed by atoms with Crippen LogP contribution in [0.3, 0.4) is 0 Å². The van der Waals surface area contributed by atoms with Crippen LogP contribution in [0, 0.1) is 0 Å². The molecule has 6 heteroatoms. The summed E-state index contributed by atoms with van der Waals surface area (Å²) in [5.74, 6) is -0.0505. The summed E-state index contributed by atoms with van der Waals surface area (Å²) in [5.41, 5.74) is 1.82. The highest BCUT2D eigenvalue weighted by molar-refractivity contribution is 7.10. The third-order valence-corrected chi connectivity index (χ3v) is 3.21. The summed E-state index contributed by atoms with van der Waals surface area (Å²) >= 11 is 1.62. The first-order valence-electron chi connectivity index (χ1n) is 5.55. The zero-order chi connectivity index (χ0) is 12.8. The lowest BCUT2D eigenvalue weighted by molar-refractivity contribution is -0.114. The third-order valence-electron chi connectivity index (χ3n) is 2.29. The third kappa shape index (κ3) is 3.61. The van der Waals surface area contributed by atoms with E-state index in [1.54, 1.807) is 17.5 Å². The van der Waals surface area contributed by atoms with Gasteiger partial charge in [0, 0.05) is 31.1 Å². The predicted molar refractivity (Wildman–Crippen MR) is 71.2 cm³/mol. The summed E-state index contributed by atoms with van der Waals surface area (Å²) in [6.45, 7) is 2.90. The molecule has 2 heterocycles. The number of nitrogens with zero attached hydrogens (tertiary/aromatic N) is 2. The fraction of sp³-hybridized carbons (Fsp3) is 0.250. The van der Waals surface area contributed by atoms with Crippen LogP contribution < -0.4 is 10.6 Å². The monoisotopic (exact) mass is 262 g/mol. The number of carbonyl (C=O) groups is 1. The minimum atomic E-state index is -0.0505. The average Bonchev–Trinajstić information content (AvgIpc) is 2.77. The topological polar surface area (TPSA) is 66.9 Å². The Balaban J connectivity index is 1.87. The van der Waals surface area contributed by atoms with Gasteiger partial charge >= 0.3 is 0 Å². The van der Waals surface area contributed by atoms with Crippen molar-refractivity contribution >= 4 is 22.9 Å². The molecule has 0 atom stereocenters. The Morgan fingerprint density at radius 3 is 3.00 bits per heavy atom. The maximum Gasteiger partial charge on any atom is 0.221 e. The fourth-order valence-electron chi connectivity index (χ4n) is 1.51. The van der Waals surface area contributed by atoms with Crippen LogP contribution in [-0.2, 0) is 17.9 Å². The molecule has 0 aliphatic heterocycles. The van der Waals surface area contributed by atoms with Gasteiger partial charge in [-0.25, -0.2) is 9.97 Å². The van der Waals surface area contributed by atoms with Crippen molar-refractivity contribution in [3.05, 3.63) is 40.6 Å². The van der Waals surface area contributed by atoms with Gasteiger partial charge in [0.05, 0.1) is 11.4 Å². The summed E-state index contributed by atoms with van der Waals surface area (Å²) in [6.07, 6.45) is 3.25. The summed E-state index contributed by atoms with van der Waals surface area (Å²) in [4.78, 5) is 20.1. The first-order valence-corrected chi connectivity index (χ1v) is 6.43. The number of nitrogens with one attached hydrogen (secondary N) is 2. The van der Waals surface area contributed by atoms with E-state index in [-0.39, 0.29) is 5.91 Å². The van der Waals surface area contributed by atoms with E-state index in [0.29, 0.717) is 13.1 Å². The smallest absolute Gasteiger partial charge is 0.221 e. The van der Waals surface area contributed by atoms with Gasteiger partial charge in [0.1, 0.15) is 6.33 Å². The van der Waals surface area contributed by atoms with Crippen molar-refractivity contribution in [2.24, 2.45) is 0 Å². The molecule has 2 rings (SSSR count). The number of carbonyl (C=O) groups excluding carboxylic acids is 1. The van der Waals surface area contributed by atoms with Crippen molar-refractivity contribution in [3.8, 4) is 0 Å². The second-order valence-electron chi connectivity index (χ2n) is 3.74. The van der Waals surface area contributed by atoms with E-state index in [4.69, 9.17) is 0 Å². The van der Waals surface area contributed by atoms with Crippen molar-refractivity contribution in [1.82, 2.24) is 15.3 Å². The Morgan fingerprint density at radius 1 is 1.39 bits per heavy atom. The molecule has 0 bridgehead atoms. The molecule has 0 radical (unpaired) electrons. The average molecular weight is 262 g/mol. The highest BCUT2D eigenvalue weighted by atomic mass is 32.1. The van der Waals surface area contributed by atoms with Crippen LogP contribution >= 0.6 is 11.3 Å². The molecule has 18 heavy (non-hydrogen) atoms. The Hall–Kier alpha value is -1.79. The fourth-order valence-corrected chi connectivity index (χ4v) is 2.31. The van der Waals surface area contributed by atoms with Gasteiger partial charge in [0.25, 0.3) is 0 Å². The van der Waals surface area contributed by atoms with E-state index >= 15 is 0 Å². The molecule has 0 unspecified atom stereocenters. The molecule has 94 valence electrons. The van der Waals surface area contributed by atoms with Crippen molar-refractivity contribution in [3.63, 3.8) is 0 Å². The van der Waals surface area contributed by atoms with E-state index in [1.807, 2.05) is 17.5 Å². The molecule has 1 amide bonds. The second-order valence-corrected chi connectivity index (χ2v) is 4.74. The van der Waals surface area contributed by atoms with Gasteiger partial charge in [-0.2, -0.15) is 0 Å². The number of hydrogen-bond donors (Lipinski definition) is 2. The molecule has 0 saturated carbocycles. The molecule has 0 aromatic carbocycles. The van der Waals surface area contributed by atoms with Crippen LogP contribution in [0.1, 0.15) is 17.5 Å². The van der Waals surface area contributed by atoms with Gasteiger partial charge in [-0.1, -0.05) is 0 Å². The van der Waals surface area contributed by atoms with E-state index in [9.17, 15) is 4.79 Å². The summed E-state index contributed by atoms with van der Waals surface area (Å²) < 4.78 is 0. The standard InChI is InChI=1S/C12H14N4OS/c1-9(17)16-11-3-5-18-12(11)7-14-6-10-2-4-13-8-15-10/h2-5,8,14H,6-7H2,1H3,(H,16,17). The van der Waals surface area contributed by atoms with Crippen molar-refractivity contribution < 1.29 is 4.79 Å². The maximum absolute atomic E-state index is 11.0. The van der Waals surface area contributed by atoms with Gasteiger partial charge in [0.15, 0.2) is 0 Å². The molecule has 2 N–H and O–H groups in total. The van der Waals surface area contributed by atoms with Crippen molar-refractivity contribution in [2.45, 2.75) is 20.0 Å². The Kier molecular flexibility index (Phi) is 4.38. The van der Waals surface area contributed by atoms with Crippen LogP contribution in [0.4, 0.5) is 5.69 Å². The molecule has 0 spiro atoms. The van der Waals surface area contributed by atoms with E-state index in [2.05, 4.69) is 20.6 Å². The van der Waals surface area contributed by atoms with Gasteiger partial charge in [-0.05, 0) is 17.5 Å². The Labute approximate surface area is 109 Å². The molecule has 0 aliphatic carbocycles. The summed E-state index contributed by atoms with van der Waals surface area (Å²) in [6, 6.07) is 3.78. The number of aromatic nitrogens is 2. The zero-order valence-corrected chi connectivity index (χ0v) is 10.8. The second kappa shape index (κ2) is 6.23. The number of amides is 1. The molecule has 0 fully saturated rings. The number of rotatable bonds is 5. The van der Waals surface area contributed by atoms with E-state index < -0.39 is 0 Å². The van der Waals surface area contributed by atoms with Gasteiger partial charge in [0.2, 0.25) is 5.91 Å². The van der Waals surface area contributed by atoms with Crippen LogP contribution in [0.15, 0.2) is 30.0 Å². The number of hydrogen-bond acceptors (Lipinski definition) is 5.